The number of carbonyl (C=O) groups is 1. The van der Waals surface area contributed by atoms with Crippen LogP contribution >= 0.6 is 11.8 Å². The fourth-order valence-electron chi connectivity index (χ4n) is 3.12. The van der Waals surface area contributed by atoms with Crippen LogP contribution in [0.3, 0.4) is 0 Å². The highest BCUT2D eigenvalue weighted by Gasteiger charge is 2.31. The van der Waals surface area contributed by atoms with E-state index in [1.807, 2.05) is 0 Å². The van der Waals surface area contributed by atoms with Crippen LogP contribution in [0.15, 0.2) is 34.3 Å². The van der Waals surface area contributed by atoms with Gasteiger partial charge in [0.15, 0.2) is 0 Å². The number of nitrogens with zero attached hydrogens (tertiary/aromatic N) is 6. The molecule has 0 spiro atoms. The standard InChI is InChI=1S/C17H22N6O4S2/c1-27-14-4-6-15(7-5-14)29(25,26)22-10-8-21(9-11-22)16(24)12-28-17-18-19-20-23(17)13-2-3-13/h4-7,13H,2-3,8-12H2,1H3. The van der Waals surface area contributed by atoms with E-state index in [2.05, 4.69) is 15.5 Å². The molecule has 2 heterocycles. The van der Waals surface area contributed by atoms with Crippen molar-refractivity contribution >= 4 is 27.7 Å². The van der Waals surface area contributed by atoms with Crippen molar-refractivity contribution in [2.24, 2.45) is 0 Å². The second-order valence-electron chi connectivity index (χ2n) is 6.89. The SMILES string of the molecule is COc1ccc(S(=O)(=O)N2CCN(C(=O)CSc3nnnn3C3CC3)CC2)cc1. The van der Waals surface area contributed by atoms with Gasteiger partial charge in [0.2, 0.25) is 21.1 Å². The Balaban J connectivity index is 1.31. The van der Waals surface area contributed by atoms with E-state index in [1.54, 1.807) is 21.7 Å². The van der Waals surface area contributed by atoms with E-state index in [0.717, 1.165) is 12.8 Å². The quantitative estimate of drug-likeness (QED) is 0.579. The number of rotatable bonds is 7. The monoisotopic (exact) mass is 438 g/mol. The molecule has 4 rings (SSSR count). The molecule has 2 aliphatic rings. The molecule has 0 atom stereocenters. The largest absolute Gasteiger partial charge is 0.497 e. The number of hydrogen-bond acceptors (Lipinski definition) is 8. The molecule has 0 radical (unpaired) electrons. The van der Waals surface area contributed by atoms with E-state index in [9.17, 15) is 13.2 Å². The summed E-state index contributed by atoms with van der Waals surface area (Å²) in [5.74, 6) is 0.796. The second kappa shape index (κ2) is 8.28. The topological polar surface area (TPSA) is 111 Å². The third-order valence-electron chi connectivity index (χ3n) is 4.97. The lowest BCUT2D eigenvalue weighted by atomic mass is 10.3. The molecule has 2 aromatic rings. The molecule has 0 N–H and O–H groups in total. The fourth-order valence-corrected chi connectivity index (χ4v) is 5.39. The number of benzene rings is 1. The van der Waals surface area contributed by atoms with Crippen LogP contribution in [0.25, 0.3) is 0 Å². The van der Waals surface area contributed by atoms with Crippen molar-refractivity contribution < 1.29 is 17.9 Å². The molecule has 1 aliphatic heterocycles. The molecule has 0 unspecified atom stereocenters. The van der Waals surface area contributed by atoms with E-state index < -0.39 is 10.0 Å². The molecule has 29 heavy (non-hydrogen) atoms. The first-order valence-corrected chi connectivity index (χ1v) is 11.7. The van der Waals surface area contributed by atoms with Crippen LogP contribution in [-0.2, 0) is 14.8 Å². The highest BCUT2D eigenvalue weighted by Crippen LogP contribution is 2.36. The maximum atomic E-state index is 12.8. The molecule has 10 nitrogen and oxygen atoms in total. The van der Waals surface area contributed by atoms with Crippen molar-refractivity contribution in [1.29, 1.82) is 0 Å². The number of hydrogen-bond donors (Lipinski definition) is 0. The van der Waals surface area contributed by atoms with Crippen LogP contribution in [0.1, 0.15) is 18.9 Å². The van der Waals surface area contributed by atoms with Gasteiger partial charge < -0.3 is 9.64 Å². The van der Waals surface area contributed by atoms with Crippen molar-refractivity contribution in [3.8, 4) is 5.75 Å². The van der Waals surface area contributed by atoms with Crippen LogP contribution in [0.5, 0.6) is 5.75 Å². The molecule has 1 aromatic carbocycles. The smallest absolute Gasteiger partial charge is 0.243 e. The van der Waals surface area contributed by atoms with Gasteiger partial charge in [-0.05, 0) is 47.5 Å². The number of amides is 1. The van der Waals surface area contributed by atoms with Gasteiger partial charge in [0.1, 0.15) is 5.75 Å². The van der Waals surface area contributed by atoms with Crippen molar-refractivity contribution in [2.75, 3.05) is 39.0 Å². The van der Waals surface area contributed by atoms with E-state index in [0.29, 0.717) is 30.0 Å². The summed E-state index contributed by atoms with van der Waals surface area (Å²) < 4.78 is 33.9. The van der Waals surface area contributed by atoms with E-state index in [1.165, 1.54) is 35.3 Å². The van der Waals surface area contributed by atoms with Gasteiger partial charge in [0.25, 0.3) is 0 Å². The third kappa shape index (κ3) is 4.38. The zero-order valence-electron chi connectivity index (χ0n) is 16.0. The predicted molar refractivity (Wildman–Crippen MR) is 105 cm³/mol. The van der Waals surface area contributed by atoms with Gasteiger partial charge in [-0.2, -0.15) is 4.31 Å². The number of thioether (sulfide) groups is 1. The molecule has 0 bridgehead atoms. The maximum Gasteiger partial charge on any atom is 0.243 e. The van der Waals surface area contributed by atoms with Gasteiger partial charge in [0, 0.05) is 26.2 Å². The molecule has 1 aromatic heterocycles. The zero-order chi connectivity index (χ0) is 20.4. The van der Waals surface area contributed by atoms with Crippen LogP contribution in [0, 0.1) is 0 Å². The summed E-state index contributed by atoms with van der Waals surface area (Å²) in [6.07, 6.45) is 2.13. The molecule has 1 aliphatic carbocycles. The zero-order valence-corrected chi connectivity index (χ0v) is 17.6. The normalized spacial score (nSPS) is 18.0. The summed E-state index contributed by atoms with van der Waals surface area (Å²) in [7, 11) is -2.06. The van der Waals surface area contributed by atoms with Gasteiger partial charge >= 0.3 is 0 Å². The number of aromatic nitrogens is 4. The van der Waals surface area contributed by atoms with Crippen molar-refractivity contribution in [3.05, 3.63) is 24.3 Å². The van der Waals surface area contributed by atoms with Crippen LogP contribution in [0.2, 0.25) is 0 Å². The Morgan fingerprint density at radius 2 is 1.86 bits per heavy atom. The van der Waals surface area contributed by atoms with E-state index >= 15 is 0 Å². The Hall–Kier alpha value is -2.18. The van der Waals surface area contributed by atoms with Crippen LogP contribution < -0.4 is 4.74 Å². The van der Waals surface area contributed by atoms with Gasteiger partial charge in [-0.25, -0.2) is 13.1 Å². The Morgan fingerprint density at radius 3 is 2.48 bits per heavy atom. The minimum atomic E-state index is -3.59. The summed E-state index contributed by atoms with van der Waals surface area (Å²) in [6.45, 7) is 1.26. The minimum absolute atomic E-state index is 0.0400. The number of ether oxygens (including phenoxy) is 1. The minimum Gasteiger partial charge on any atom is -0.497 e. The number of sulfonamides is 1. The molecule has 1 saturated heterocycles. The van der Waals surface area contributed by atoms with Gasteiger partial charge in [-0.1, -0.05) is 11.8 Å². The number of tetrazole rings is 1. The number of carbonyl (C=O) groups excluding carboxylic acids is 1. The Labute approximate surface area is 173 Å². The van der Waals surface area contributed by atoms with Crippen LogP contribution in [0.4, 0.5) is 0 Å². The summed E-state index contributed by atoms with van der Waals surface area (Å²) in [5, 5.41) is 12.3. The summed E-state index contributed by atoms with van der Waals surface area (Å²) >= 11 is 1.32. The second-order valence-corrected chi connectivity index (χ2v) is 9.77. The first-order valence-electron chi connectivity index (χ1n) is 9.31. The summed E-state index contributed by atoms with van der Waals surface area (Å²) in [6, 6.07) is 6.67. The first kappa shape index (κ1) is 20.1. The molecular formula is C17H22N6O4S2. The maximum absolute atomic E-state index is 12.8. The lowest BCUT2D eigenvalue weighted by molar-refractivity contribution is -0.129. The highest BCUT2D eigenvalue weighted by atomic mass is 32.2. The average Bonchev–Trinajstić information content (AvgIpc) is 3.49. The predicted octanol–water partition coefficient (Wildman–Crippen LogP) is 0.642. The molecule has 1 amide bonds. The Bertz CT molecular complexity index is 966. The number of methoxy groups -OCH3 is 1. The third-order valence-corrected chi connectivity index (χ3v) is 7.80. The average molecular weight is 439 g/mol. The van der Waals surface area contributed by atoms with Crippen LogP contribution in [-0.4, -0.2) is 82.8 Å². The molecule has 2 fully saturated rings. The lowest BCUT2D eigenvalue weighted by Crippen LogP contribution is -2.50. The lowest BCUT2D eigenvalue weighted by Gasteiger charge is -2.34. The molecule has 1 saturated carbocycles. The Kier molecular flexibility index (Phi) is 5.74. The number of piperazine rings is 1. The van der Waals surface area contributed by atoms with Gasteiger partial charge in [-0.3, -0.25) is 4.79 Å². The molecular weight excluding hydrogens is 416 g/mol. The van der Waals surface area contributed by atoms with E-state index in [4.69, 9.17) is 4.74 Å². The van der Waals surface area contributed by atoms with Gasteiger partial charge in [-0.15, -0.1) is 5.10 Å². The summed E-state index contributed by atoms with van der Waals surface area (Å²) in [4.78, 5) is 14.4. The van der Waals surface area contributed by atoms with Gasteiger partial charge in [0.05, 0.1) is 23.8 Å². The summed E-state index contributed by atoms with van der Waals surface area (Å²) in [5.41, 5.74) is 0. The molecule has 156 valence electrons. The Morgan fingerprint density at radius 1 is 1.17 bits per heavy atom. The van der Waals surface area contributed by atoms with Crippen molar-refractivity contribution in [3.63, 3.8) is 0 Å². The van der Waals surface area contributed by atoms with Crippen molar-refractivity contribution in [1.82, 2.24) is 29.4 Å². The highest BCUT2D eigenvalue weighted by molar-refractivity contribution is 7.99. The van der Waals surface area contributed by atoms with Crippen molar-refractivity contribution in [2.45, 2.75) is 28.9 Å². The fraction of sp³-hybridized carbons (Fsp3) is 0.529. The molecule has 12 heteroatoms. The van der Waals surface area contributed by atoms with E-state index in [-0.39, 0.29) is 29.6 Å². The first-order chi connectivity index (χ1) is 14.0.